The van der Waals surface area contributed by atoms with Gasteiger partial charge < -0.3 is 10.0 Å². The van der Waals surface area contributed by atoms with Crippen molar-refractivity contribution in [3.05, 3.63) is 23.4 Å². The Bertz CT molecular complexity index is 513. The summed E-state index contributed by atoms with van der Waals surface area (Å²) >= 11 is 0. The van der Waals surface area contributed by atoms with Crippen LogP contribution in [0, 0.1) is 12.8 Å². The van der Waals surface area contributed by atoms with Crippen LogP contribution >= 0.6 is 0 Å². The maximum atomic E-state index is 11.6. The number of carbonyl (C=O) groups is 1. The van der Waals surface area contributed by atoms with Crippen LogP contribution in [-0.4, -0.2) is 28.6 Å². The number of aryl methyl sites for hydroxylation is 1. The highest BCUT2D eigenvalue weighted by Gasteiger charge is 2.35. The molecule has 1 saturated heterocycles. The second-order valence-electron chi connectivity index (χ2n) is 6.08. The van der Waals surface area contributed by atoms with Crippen LogP contribution in [0.15, 0.2) is 12.3 Å². The van der Waals surface area contributed by atoms with Gasteiger partial charge in [-0.2, -0.15) is 0 Å². The van der Waals surface area contributed by atoms with Crippen LogP contribution in [0.3, 0.4) is 0 Å². The zero-order chi connectivity index (χ0) is 14.1. The van der Waals surface area contributed by atoms with Crippen molar-refractivity contribution < 1.29 is 9.90 Å². The molecule has 0 bridgehead atoms. The topological polar surface area (TPSA) is 53.4 Å². The first-order chi connectivity index (χ1) is 9.68. The highest BCUT2D eigenvalue weighted by atomic mass is 16.4. The Balaban J connectivity index is 1.99. The summed E-state index contributed by atoms with van der Waals surface area (Å²) in [7, 11) is 0. The van der Waals surface area contributed by atoms with E-state index in [0.29, 0.717) is 17.4 Å². The number of carboxylic acids is 1. The van der Waals surface area contributed by atoms with Gasteiger partial charge in [0.05, 0.1) is 0 Å². The molecule has 0 aromatic carbocycles. The predicted molar refractivity (Wildman–Crippen MR) is 78.3 cm³/mol. The van der Waals surface area contributed by atoms with Gasteiger partial charge in [0.15, 0.2) is 0 Å². The van der Waals surface area contributed by atoms with Crippen LogP contribution in [0.2, 0.25) is 0 Å². The standard InChI is InChI=1S/C16H22N2O2/c1-11-8-9-17-15(14(11)16(19)20)18-10-4-6-12-5-2-3-7-13(12)18/h8-9,12-13H,2-7,10H2,1H3,(H,19,20)/t12-,13-/m1/s1. The van der Waals surface area contributed by atoms with Crippen LogP contribution in [-0.2, 0) is 0 Å². The van der Waals surface area contributed by atoms with Crippen molar-refractivity contribution in [2.75, 3.05) is 11.4 Å². The largest absolute Gasteiger partial charge is 0.478 e. The zero-order valence-corrected chi connectivity index (χ0v) is 12.0. The number of anilines is 1. The van der Waals surface area contributed by atoms with Gasteiger partial charge in [-0.3, -0.25) is 0 Å². The second kappa shape index (κ2) is 5.43. The Hall–Kier alpha value is -1.58. The minimum atomic E-state index is -0.858. The Morgan fingerprint density at radius 1 is 1.30 bits per heavy atom. The molecule has 4 nitrogen and oxygen atoms in total. The number of hydrogen-bond donors (Lipinski definition) is 1. The van der Waals surface area contributed by atoms with Crippen molar-refractivity contribution in [1.29, 1.82) is 0 Å². The molecule has 1 aromatic heterocycles. The van der Waals surface area contributed by atoms with E-state index in [-0.39, 0.29) is 0 Å². The highest BCUT2D eigenvalue weighted by Crippen LogP contribution is 2.38. The molecule has 2 aliphatic rings. The molecule has 20 heavy (non-hydrogen) atoms. The number of pyridine rings is 1. The third-order valence-corrected chi connectivity index (χ3v) is 4.87. The molecular formula is C16H22N2O2. The minimum Gasteiger partial charge on any atom is -0.478 e. The Kier molecular flexibility index (Phi) is 3.64. The van der Waals surface area contributed by atoms with Gasteiger partial charge in [-0.1, -0.05) is 12.8 Å². The number of piperidine rings is 1. The summed E-state index contributed by atoms with van der Waals surface area (Å²) in [5.41, 5.74) is 1.19. The molecule has 2 fully saturated rings. The summed E-state index contributed by atoms with van der Waals surface area (Å²) in [4.78, 5) is 18.3. The van der Waals surface area contributed by atoms with E-state index in [1.807, 2.05) is 6.92 Å². The van der Waals surface area contributed by atoms with E-state index in [1.54, 1.807) is 12.3 Å². The van der Waals surface area contributed by atoms with Crippen molar-refractivity contribution in [2.45, 2.75) is 51.5 Å². The summed E-state index contributed by atoms with van der Waals surface area (Å²) in [6, 6.07) is 2.28. The van der Waals surface area contributed by atoms with Gasteiger partial charge in [-0.15, -0.1) is 0 Å². The van der Waals surface area contributed by atoms with Crippen molar-refractivity contribution in [3.8, 4) is 0 Å². The number of rotatable bonds is 2. The molecule has 2 atom stereocenters. The van der Waals surface area contributed by atoms with Crippen LogP contribution in [0.5, 0.6) is 0 Å². The first kappa shape index (κ1) is 13.4. The maximum Gasteiger partial charge on any atom is 0.339 e. The van der Waals surface area contributed by atoms with Gasteiger partial charge in [-0.25, -0.2) is 9.78 Å². The fraction of sp³-hybridized carbons (Fsp3) is 0.625. The Labute approximate surface area is 119 Å². The van der Waals surface area contributed by atoms with E-state index >= 15 is 0 Å². The number of aromatic carboxylic acids is 1. The Morgan fingerprint density at radius 3 is 2.85 bits per heavy atom. The first-order valence-electron chi connectivity index (χ1n) is 7.64. The van der Waals surface area contributed by atoms with Crippen molar-refractivity contribution in [1.82, 2.24) is 4.98 Å². The molecule has 2 heterocycles. The number of hydrogen-bond acceptors (Lipinski definition) is 3. The molecule has 1 aliphatic heterocycles. The normalized spacial score (nSPS) is 26.1. The fourth-order valence-corrected chi connectivity index (χ4v) is 3.91. The van der Waals surface area contributed by atoms with Gasteiger partial charge in [0.2, 0.25) is 0 Å². The molecule has 3 rings (SSSR count). The van der Waals surface area contributed by atoms with Crippen LogP contribution in [0.25, 0.3) is 0 Å². The fourth-order valence-electron chi connectivity index (χ4n) is 3.91. The van der Waals surface area contributed by atoms with E-state index in [2.05, 4.69) is 9.88 Å². The zero-order valence-electron chi connectivity index (χ0n) is 12.0. The first-order valence-corrected chi connectivity index (χ1v) is 7.64. The average molecular weight is 274 g/mol. The quantitative estimate of drug-likeness (QED) is 0.899. The average Bonchev–Trinajstić information content (AvgIpc) is 2.46. The number of aromatic nitrogens is 1. The molecule has 0 unspecified atom stereocenters. The van der Waals surface area contributed by atoms with E-state index in [1.165, 1.54) is 32.1 Å². The number of nitrogens with zero attached hydrogens (tertiary/aromatic N) is 2. The van der Waals surface area contributed by atoms with Gasteiger partial charge in [-0.05, 0) is 50.2 Å². The molecule has 0 radical (unpaired) electrons. The molecule has 1 N–H and O–H groups in total. The van der Waals surface area contributed by atoms with Crippen molar-refractivity contribution in [3.63, 3.8) is 0 Å². The molecule has 4 heteroatoms. The van der Waals surface area contributed by atoms with E-state index in [9.17, 15) is 9.90 Å². The van der Waals surface area contributed by atoms with E-state index in [4.69, 9.17) is 0 Å². The molecule has 108 valence electrons. The van der Waals surface area contributed by atoms with Gasteiger partial charge in [0.1, 0.15) is 11.4 Å². The smallest absolute Gasteiger partial charge is 0.339 e. The molecule has 1 saturated carbocycles. The molecular weight excluding hydrogens is 252 g/mol. The predicted octanol–water partition coefficient (Wildman–Crippen LogP) is 3.25. The third-order valence-electron chi connectivity index (χ3n) is 4.87. The molecule has 0 amide bonds. The van der Waals surface area contributed by atoms with Crippen molar-refractivity contribution in [2.24, 2.45) is 5.92 Å². The van der Waals surface area contributed by atoms with Gasteiger partial charge >= 0.3 is 5.97 Å². The summed E-state index contributed by atoms with van der Waals surface area (Å²) in [6.45, 7) is 2.80. The summed E-state index contributed by atoms with van der Waals surface area (Å²) in [6.07, 6.45) is 9.22. The van der Waals surface area contributed by atoms with Crippen LogP contribution < -0.4 is 4.90 Å². The lowest BCUT2D eigenvalue weighted by Gasteiger charge is -2.45. The maximum absolute atomic E-state index is 11.6. The minimum absolute atomic E-state index is 0.388. The summed E-state index contributed by atoms with van der Waals surface area (Å²) in [5, 5.41) is 9.51. The monoisotopic (exact) mass is 274 g/mol. The molecule has 1 aliphatic carbocycles. The lowest BCUT2D eigenvalue weighted by Crippen LogP contribution is -2.47. The summed E-state index contributed by atoms with van der Waals surface area (Å²) in [5.74, 6) is 0.555. The lowest BCUT2D eigenvalue weighted by atomic mass is 9.78. The third kappa shape index (κ3) is 2.28. The Morgan fingerprint density at radius 2 is 2.05 bits per heavy atom. The van der Waals surface area contributed by atoms with Gasteiger partial charge in [0, 0.05) is 18.8 Å². The van der Waals surface area contributed by atoms with E-state index in [0.717, 1.165) is 24.4 Å². The number of fused-ring (bicyclic) bond motifs is 1. The lowest BCUT2D eigenvalue weighted by molar-refractivity contribution is 0.0696. The SMILES string of the molecule is Cc1ccnc(N2CCC[C@H]3CCCC[C@H]32)c1C(=O)O. The highest BCUT2D eigenvalue weighted by molar-refractivity contribution is 5.95. The van der Waals surface area contributed by atoms with E-state index < -0.39 is 5.97 Å². The molecule has 0 spiro atoms. The second-order valence-corrected chi connectivity index (χ2v) is 6.08. The van der Waals surface area contributed by atoms with Crippen molar-refractivity contribution >= 4 is 11.8 Å². The summed E-state index contributed by atoms with van der Waals surface area (Å²) < 4.78 is 0. The van der Waals surface area contributed by atoms with Crippen LogP contribution in [0.4, 0.5) is 5.82 Å². The number of carboxylic acid groups (broad SMARTS) is 1. The van der Waals surface area contributed by atoms with Crippen LogP contribution in [0.1, 0.15) is 54.4 Å². The molecule has 1 aromatic rings. The van der Waals surface area contributed by atoms with Gasteiger partial charge in [0.25, 0.3) is 0 Å².